The summed E-state index contributed by atoms with van der Waals surface area (Å²) in [7, 11) is 0. The molecule has 6 heteroatoms. The Morgan fingerprint density at radius 2 is 0.789 bits per heavy atom. The Morgan fingerprint density at radius 3 is 1.18 bits per heavy atom. The number of benzene rings is 2. The molecule has 38 heavy (non-hydrogen) atoms. The Labute approximate surface area is 234 Å². The smallest absolute Gasteiger partial charge is 0.119 e. The van der Waals surface area contributed by atoms with E-state index in [1.165, 1.54) is 30.6 Å². The highest BCUT2D eigenvalue weighted by atomic mass is 32.1. The summed E-state index contributed by atoms with van der Waals surface area (Å²) in [6.07, 6.45) is 8.08. The van der Waals surface area contributed by atoms with Crippen LogP contribution in [0.25, 0.3) is 30.6 Å². The van der Waals surface area contributed by atoms with E-state index in [9.17, 15) is 0 Å². The molecule has 0 saturated heterocycles. The second kappa shape index (κ2) is 15.7. The van der Waals surface area contributed by atoms with Crippen molar-refractivity contribution < 1.29 is 19.7 Å². The molecule has 0 radical (unpaired) electrons. The zero-order chi connectivity index (χ0) is 26.4. The lowest BCUT2D eigenvalue weighted by molar-refractivity contribution is 0.273. The van der Waals surface area contributed by atoms with Gasteiger partial charge in [0.2, 0.25) is 0 Å². The average molecular weight is 551 g/mol. The van der Waals surface area contributed by atoms with E-state index in [-0.39, 0.29) is 13.2 Å². The highest BCUT2D eigenvalue weighted by Crippen LogP contribution is 2.40. The van der Waals surface area contributed by atoms with Gasteiger partial charge >= 0.3 is 0 Å². The van der Waals surface area contributed by atoms with E-state index in [1.54, 1.807) is 0 Å². The van der Waals surface area contributed by atoms with Crippen molar-refractivity contribution in [2.24, 2.45) is 0 Å². The van der Waals surface area contributed by atoms with Gasteiger partial charge in [-0.1, -0.05) is 12.8 Å². The monoisotopic (exact) mass is 550 g/mol. The van der Waals surface area contributed by atoms with Crippen LogP contribution in [0.5, 0.6) is 11.5 Å². The van der Waals surface area contributed by atoms with E-state index in [4.69, 9.17) is 19.7 Å². The number of hydrogen-bond donors (Lipinski definition) is 2. The first-order chi connectivity index (χ1) is 18.8. The van der Waals surface area contributed by atoms with Gasteiger partial charge in [-0.15, -0.1) is 22.7 Å². The second-order valence-electron chi connectivity index (χ2n) is 9.35. The van der Waals surface area contributed by atoms with Crippen molar-refractivity contribution in [3.8, 4) is 42.1 Å². The van der Waals surface area contributed by atoms with Crippen LogP contribution in [-0.4, -0.2) is 36.6 Å². The van der Waals surface area contributed by atoms with E-state index in [0.29, 0.717) is 0 Å². The molecule has 0 aliphatic rings. The average Bonchev–Trinajstić information content (AvgIpc) is 3.64. The maximum absolute atomic E-state index is 8.85. The molecule has 4 aromatic rings. The fourth-order valence-electron chi connectivity index (χ4n) is 4.20. The van der Waals surface area contributed by atoms with Gasteiger partial charge in [-0.3, -0.25) is 0 Å². The van der Waals surface area contributed by atoms with Crippen molar-refractivity contribution in [2.45, 2.75) is 51.4 Å². The van der Waals surface area contributed by atoms with Crippen LogP contribution in [0.15, 0.2) is 72.8 Å². The van der Waals surface area contributed by atoms with Crippen LogP contribution >= 0.6 is 22.7 Å². The summed E-state index contributed by atoms with van der Waals surface area (Å²) in [6, 6.07) is 25.6. The summed E-state index contributed by atoms with van der Waals surface area (Å²) in [5.41, 5.74) is 2.41. The molecule has 0 saturated carbocycles. The van der Waals surface area contributed by atoms with Crippen molar-refractivity contribution in [1.82, 2.24) is 0 Å². The van der Waals surface area contributed by atoms with Gasteiger partial charge in [0, 0.05) is 32.7 Å². The third kappa shape index (κ3) is 8.70. The molecule has 2 aromatic carbocycles. The summed E-state index contributed by atoms with van der Waals surface area (Å²) < 4.78 is 11.7. The van der Waals surface area contributed by atoms with Crippen LogP contribution in [0.3, 0.4) is 0 Å². The Hall–Kier alpha value is -2.64. The molecule has 0 spiro atoms. The molecule has 0 aliphatic heterocycles. The Balaban J connectivity index is 1.28. The molecule has 4 nitrogen and oxygen atoms in total. The van der Waals surface area contributed by atoms with Crippen molar-refractivity contribution in [3.05, 3.63) is 72.8 Å². The van der Waals surface area contributed by atoms with E-state index >= 15 is 0 Å². The zero-order valence-electron chi connectivity index (χ0n) is 21.9. The van der Waals surface area contributed by atoms with Crippen LogP contribution in [0, 0.1) is 0 Å². The summed E-state index contributed by atoms with van der Waals surface area (Å²) in [5.74, 6) is 1.81. The molecule has 0 fully saturated rings. The van der Waals surface area contributed by atoms with Crippen molar-refractivity contribution in [1.29, 1.82) is 0 Å². The molecular formula is C32H38O4S2. The normalized spacial score (nSPS) is 11.1. The standard InChI is InChI=1S/C32H38O4S2/c33-21-5-1-3-7-23-35-27-13-9-25(10-14-27)29-17-19-31(37-29)32-20-18-30(38-32)26-11-15-28(16-12-26)36-24-8-4-2-6-22-34/h9-20,33-34H,1-8,21-24H2. The molecule has 4 rings (SSSR count). The third-order valence-electron chi connectivity index (χ3n) is 6.37. The fourth-order valence-corrected chi connectivity index (χ4v) is 6.31. The van der Waals surface area contributed by atoms with E-state index < -0.39 is 0 Å². The number of aliphatic hydroxyl groups is 2. The lowest BCUT2D eigenvalue weighted by Gasteiger charge is -2.07. The van der Waals surface area contributed by atoms with Gasteiger partial charge in [0.15, 0.2) is 0 Å². The van der Waals surface area contributed by atoms with E-state index in [2.05, 4.69) is 72.8 Å². The minimum Gasteiger partial charge on any atom is -0.494 e. The number of rotatable bonds is 17. The minimum absolute atomic E-state index is 0.276. The van der Waals surface area contributed by atoms with Crippen LogP contribution in [-0.2, 0) is 0 Å². The molecule has 0 amide bonds. The topological polar surface area (TPSA) is 58.9 Å². The zero-order valence-corrected chi connectivity index (χ0v) is 23.6. The van der Waals surface area contributed by atoms with Gasteiger partial charge < -0.3 is 19.7 Å². The van der Waals surface area contributed by atoms with Gasteiger partial charge in [0.1, 0.15) is 11.5 Å². The van der Waals surface area contributed by atoms with Crippen LogP contribution in [0.4, 0.5) is 0 Å². The first kappa shape index (κ1) is 28.4. The quantitative estimate of drug-likeness (QED) is 0.129. The van der Waals surface area contributed by atoms with Gasteiger partial charge in [-0.05, 0) is 122 Å². The summed E-state index contributed by atoms with van der Waals surface area (Å²) in [5, 5.41) is 17.7. The van der Waals surface area contributed by atoms with Crippen LogP contribution in [0.2, 0.25) is 0 Å². The largest absolute Gasteiger partial charge is 0.494 e. The lowest BCUT2D eigenvalue weighted by Crippen LogP contribution is -1.97. The Morgan fingerprint density at radius 1 is 0.421 bits per heavy atom. The molecule has 2 aromatic heterocycles. The summed E-state index contributed by atoms with van der Waals surface area (Å²) >= 11 is 3.63. The first-order valence-electron chi connectivity index (χ1n) is 13.6. The Kier molecular flexibility index (Phi) is 11.7. The highest BCUT2D eigenvalue weighted by molar-refractivity contribution is 7.25. The predicted octanol–water partition coefficient (Wildman–Crippen LogP) is 8.67. The summed E-state index contributed by atoms with van der Waals surface area (Å²) in [4.78, 5) is 5.06. The fraction of sp³-hybridized carbons (Fsp3) is 0.375. The van der Waals surface area contributed by atoms with Crippen molar-refractivity contribution in [3.63, 3.8) is 0 Å². The third-order valence-corrected chi connectivity index (χ3v) is 8.84. The minimum atomic E-state index is 0.276. The van der Waals surface area contributed by atoms with E-state index in [0.717, 1.165) is 76.1 Å². The van der Waals surface area contributed by atoms with Gasteiger partial charge in [0.25, 0.3) is 0 Å². The number of aliphatic hydroxyl groups excluding tert-OH is 2. The van der Waals surface area contributed by atoms with Crippen LogP contribution < -0.4 is 9.47 Å². The molecule has 2 N–H and O–H groups in total. The highest BCUT2D eigenvalue weighted by Gasteiger charge is 2.10. The molecule has 0 atom stereocenters. The lowest BCUT2D eigenvalue weighted by atomic mass is 10.2. The van der Waals surface area contributed by atoms with Crippen molar-refractivity contribution >= 4 is 22.7 Å². The molecule has 202 valence electrons. The number of thiophene rings is 2. The van der Waals surface area contributed by atoms with Gasteiger partial charge in [0.05, 0.1) is 13.2 Å². The predicted molar refractivity (Wildman–Crippen MR) is 161 cm³/mol. The molecular weight excluding hydrogens is 512 g/mol. The number of ether oxygens (including phenoxy) is 2. The molecule has 0 bridgehead atoms. The van der Waals surface area contributed by atoms with Crippen LogP contribution in [0.1, 0.15) is 51.4 Å². The summed E-state index contributed by atoms with van der Waals surface area (Å²) in [6.45, 7) is 1.99. The Bertz CT molecular complexity index is 1100. The van der Waals surface area contributed by atoms with Gasteiger partial charge in [-0.25, -0.2) is 0 Å². The SMILES string of the molecule is OCCCCCCOc1ccc(-c2ccc(-c3ccc(-c4ccc(OCCCCCCO)cc4)s3)s2)cc1. The van der Waals surface area contributed by atoms with E-state index in [1.807, 2.05) is 22.7 Å². The van der Waals surface area contributed by atoms with Crippen molar-refractivity contribution in [2.75, 3.05) is 26.4 Å². The molecule has 2 heterocycles. The number of hydrogen-bond acceptors (Lipinski definition) is 6. The second-order valence-corrected chi connectivity index (χ2v) is 11.5. The molecule has 0 aliphatic carbocycles. The maximum atomic E-state index is 8.85. The maximum Gasteiger partial charge on any atom is 0.119 e. The first-order valence-corrected chi connectivity index (χ1v) is 15.3. The molecule has 0 unspecified atom stereocenters. The van der Waals surface area contributed by atoms with Gasteiger partial charge in [-0.2, -0.15) is 0 Å². The number of unbranched alkanes of at least 4 members (excludes halogenated alkanes) is 6.